The van der Waals surface area contributed by atoms with Crippen LogP contribution in [-0.2, 0) is 16.0 Å². The lowest BCUT2D eigenvalue weighted by Gasteiger charge is -2.23. The summed E-state index contributed by atoms with van der Waals surface area (Å²) >= 11 is 1.44. The van der Waals surface area contributed by atoms with Crippen LogP contribution in [0.15, 0.2) is 54.6 Å². The number of nitrogens with zero attached hydrogens (tertiary/aromatic N) is 1. The summed E-state index contributed by atoms with van der Waals surface area (Å²) in [6.07, 6.45) is 6.72. The number of rotatable bonds is 9. The highest BCUT2D eigenvalue weighted by Gasteiger charge is 2.28. The van der Waals surface area contributed by atoms with E-state index < -0.39 is 6.10 Å². The van der Waals surface area contributed by atoms with E-state index in [2.05, 4.69) is 11.8 Å². The van der Waals surface area contributed by atoms with Crippen molar-refractivity contribution in [2.45, 2.75) is 51.2 Å². The molecule has 0 aliphatic carbocycles. The molecule has 3 rings (SSSR count). The lowest BCUT2D eigenvalue weighted by Crippen LogP contribution is -2.33. The normalized spacial score (nSPS) is 17.6. The highest BCUT2D eigenvalue weighted by molar-refractivity contribution is 7.13. The third-order valence-electron chi connectivity index (χ3n) is 5.79. The van der Waals surface area contributed by atoms with Gasteiger partial charge in [0.15, 0.2) is 0 Å². The monoisotopic (exact) mass is 465 g/mol. The molecule has 1 aliphatic heterocycles. The molecule has 33 heavy (non-hydrogen) atoms. The minimum Gasteiger partial charge on any atom is -0.465 e. The van der Waals surface area contributed by atoms with Gasteiger partial charge in [-0.05, 0) is 49.4 Å². The van der Waals surface area contributed by atoms with Gasteiger partial charge in [-0.2, -0.15) is 0 Å². The summed E-state index contributed by atoms with van der Waals surface area (Å²) < 4.78 is 4.75. The van der Waals surface area contributed by atoms with Gasteiger partial charge in [-0.3, -0.25) is 4.79 Å². The van der Waals surface area contributed by atoms with Crippen LogP contribution in [0, 0.1) is 17.8 Å². The van der Waals surface area contributed by atoms with Crippen molar-refractivity contribution in [3.63, 3.8) is 0 Å². The Labute approximate surface area is 200 Å². The summed E-state index contributed by atoms with van der Waals surface area (Å²) in [5.41, 5.74) is 0.971. The zero-order valence-corrected chi connectivity index (χ0v) is 20.0. The molecule has 6 heteroatoms. The molecular formula is C27H31NO4S. The van der Waals surface area contributed by atoms with Crippen LogP contribution >= 0.6 is 11.3 Å². The molecule has 0 bridgehead atoms. The fourth-order valence-electron chi connectivity index (χ4n) is 3.78. The third-order valence-corrected chi connectivity index (χ3v) is 6.91. The maximum absolute atomic E-state index is 12.4. The molecule has 174 valence electrons. The SMILES string of the molecule is COC(=O)c1ccc(CCCN2C(=O)CC[C@@H]2C=C[C@H](O)[C@H](C)CC#Cc2ccccc2)s1. The number of thiophene rings is 1. The topological polar surface area (TPSA) is 66.8 Å². The Kier molecular flexibility index (Phi) is 9.29. The van der Waals surface area contributed by atoms with Gasteiger partial charge in [0, 0.05) is 29.8 Å². The van der Waals surface area contributed by atoms with Crippen LogP contribution in [0.4, 0.5) is 0 Å². The predicted octanol–water partition coefficient (Wildman–Crippen LogP) is 4.45. The van der Waals surface area contributed by atoms with Crippen LogP contribution < -0.4 is 0 Å². The molecule has 1 N–H and O–H groups in total. The molecular weight excluding hydrogens is 434 g/mol. The number of hydrogen-bond donors (Lipinski definition) is 1. The molecule has 1 fully saturated rings. The second-order valence-electron chi connectivity index (χ2n) is 8.28. The van der Waals surface area contributed by atoms with Gasteiger partial charge in [0.1, 0.15) is 4.88 Å². The number of benzene rings is 1. The zero-order chi connectivity index (χ0) is 23.6. The molecule has 1 amide bonds. The Bertz CT molecular complexity index is 1020. The van der Waals surface area contributed by atoms with Crippen LogP contribution in [0.5, 0.6) is 0 Å². The molecule has 1 saturated heterocycles. The van der Waals surface area contributed by atoms with E-state index >= 15 is 0 Å². The highest BCUT2D eigenvalue weighted by Crippen LogP contribution is 2.23. The molecule has 1 aromatic heterocycles. The second kappa shape index (κ2) is 12.4. The number of aliphatic hydroxyl groups excluding tert-OH is 1. The molecule has 1 aromatic carbocycles. The first kappa shape index (κ1) is 24.8. The van der Waals surface area contributed by atoms with E-state index in [-0.39, 0.29) is 23.8 Å². The summed E-state index contributed by atoms with van der Waals surface area (Å²) in [5.74, 6) is 6.12. The van der Waals surface area contributed by atoms with Crippen molar-refractivity contribution in [1.29, 1.82) is 0 Å². The average molecular weight is 466 g/mol. The van der Waals surface area contributed by atoms with E-state index in [0.717, 1.165) is 29.7 Å². The van der Waals surface area contributed by atoms with Gasteiger partial charge in [-0.1, -0.05) is 49.1 Å². The number of esters is 1. The Morgan fingerprint density at radius 1 is 1.30 bits per heavy atom. The Morgan fingerprint density at radius 3 is 2.85 bits per heavy atom. The molecule has 2 aromatic rings. The molecule has 0 radical (unpaired) electrons. The standard InChI is InChI=1S/C27H31NO4S/c1-20(8-6-11-21-9-4-3-5-10-21)24(29)16-13-22-14-18-26(30)28(22)19-7-12-23-15-17-25(33-23)27(31)32-2/h3-5,9-10,13,15-17,20,22,24,29H,7-8,12,14,18-19H2,1-2H3/t20-,22+,24+/m1/s1. The van der Waals surface area contributed by atoms with Gasteiger partial charge >= 0.3 is 5.97 Å². The number of carbonyl (C=O) groups excluding carboxylic acids is 2. The Morgan fingerprint density at radius 2 is 2.09 bits per heavy atom. The zero-order valence-electron chi connectivity index (χ0n) is 19.2. The summed E-state index contributed by atoms with van der Waals surface area (Å²) in [5, 5.41) is 10.5. The summed E-state index contributed by atoms with van der Waals surface area (Å²) in [6, 6.07) is 13.6. The molecule has 0 spiro atoms. The lowest BCUT2D eigenvalue weighted by atomic mass is 9.99. The van der Waals surface area contributed by atoms with Gasteiger partial charge in [-0.25, -0.2) is 4.79 Å². The minimum absolute atomic E-state index is 0.00542. The molecule has 2 heterocycles. The van der Waals surface area contributed by atoms with E-state index in [1.807, 2.05) is 60.4 Å². The number of aryl methyl sites for hydroxylation is 1. The van der Waals surface area contributed by atoms with Gasteiger partial charge in [0.25, 0.3) is 0 Å². The van der Waals surface area contributed by atoms with Crippen molar-refractivity contribution in [2.24, 2.45) is 5.92 Å². The van der Waals surface area contributed by atoms with Crippen molar-refractivity contribution < 1.29 is 19.4 Å². The Hall–Kier alpha value is -2.88. The van der Waals surface area contributed by atoms with Gasteiger partial charge < -0.3 is 14.7 Å². The van der Waals surface area contributed by atoms with Crippen molar-refractivity contribution >= 4 is 23.2 Å². The van der Waals surface area contributed by atoms with E-state index in [4.69, 9.17) is 4.74 Å². The van der Waals surface area contributed by atoms with Crippen molar-refractivity contribution in [3.8, 4) is 11.8 Å². The summed E-state index contributed by atoms with van der Waals surface area (Å²) in [6.45, 7) is 2.64. The molecule has 5 nitrogen and oxygen atoms in total. The van der Waals surface area contributed by atoms with E-state index in [9.17, 15) is 14.7 Å². The van der Waals surface area contributed by atoms with Crippen molar-refractivity contribution in [2.75, 3.05) is 13.7 Å². The maximum Gasteiger partial charge on any atom is 0.348 e. The van der Waals surface area contributed by atoms with Gasteiger partial charge in [-0.15, -0.1) is 11.3 Å². The number of hydrogen-bond acceptors (Lipinski definition) is 5. The fourth-order valence-corrected chi connectivity index (χ4v) is 4.75. The largest absolute Gasteiger partial charge is 0.465 e. The number of amides is 1. The van der Waals surface area contributed by atoms with Crippen LogP contribution in [0.25, 0.3) is 0 Å². The van der Waals surface area contributed by atoms with Gasteiger partial charge in [0.05, 0.1) is 19.3 Å². The van der Waals surface area contributed by atoms with Crippen molar-refractivity contribution in [3.05, 3.63) is 69.9 Å². The van der Waals surface area contributed by atoms with Crippen LogP contribution in [0.2, 0.25) is 0 Å². The molecule has 1 aliphatic rings. The first-order valence-corrected chi connectivity index (χ1v) is 12.2. The first-order chi connectivity index (χ1) is 16.0. The maximum atomic E-state index is 12.4. The van der Waals surface area contributed by atoms with Crippen LogP contribution in [0.1, 0.15) is 52.7 Å². The fraction of sp³-hybridized carbons (Fsp3) is 0.407. The number of methoxy groups -OCH3 is 1. The predicted molar refractivity (Wildman–Crippen MR) is 131 cm³/mol. The average Bonchev–Trinajstić information content (AvgIpc) is 3.44. The second-order valence-corrected chi connectivity index (χ2v) is 9.45. The lowest BCUT2D eigenvalue weighted by molar-refractivity contribution is -0.128. The molecule has 0 unspecified atom stereocenters. The number of ether oxygens (including phenoxy) is 1. The van der Waals surface area contributed by atoms with Crippen LogP contribution in [-0.4, -0.2) is 47.7 Å². The molecule has 3 atom stereocenters. The Balaban J connectivity index is 1.47. The smallest absolute Gasteiger partial charge is 0.348 e. The van der Waals surface area contributed by atoms with Crippen molar-refractivity contribution in [1.82, 2.24) is 4.90 Å². The number of likely N-dealkylation sites (tertiary alicyclic amines) is 1. The van der Waals surface area contributed by atoms with Crippen LogP contribution in [0.3, 0.4) is 0 Å². The minimum atomic E-state index is -0.601. The third kappa shape index (κ3) is 7.31. The van der Waals surface area contributed by atoms with Gasteiger partial charge in [0.2, 0.25) is 5.91 Å². The quantitative estimate of drug-likeness (QED) is 0.337. The summed E-state index contributed by atoms with van der Waals surface area (Å²) in [4.78, 5) is 27.6. The van der Waals surface area contributed by atoms with E-state index in [1.54, 1.807) is 6.07 Å². The van der Waals surface area contributed by atoms with E-state index in [1.165, 1.54) is 18.4 Å². The highest BCUT2D eigenvalue weighted by atomic mass is 32.1. The molecule has 0 saturated carbocycles. The first-order valence-electron chi connectivity index (χ1n) is 11.3. The number of aliphatic hydroxyl groups is 1. The number of carbonyl (C=O) groups is 2. The summed E-state index contributed by atoms with van der Waals surface area (Å²) in [7, 11) is 1.38. The van der Waals surface area contributed by atoms with E-state index in [0.29, 0.717) is 24.3 Å².